The van der Waals surface area contributed by atoms with Gasteiger partial charge in [0.15, 0.2) is 17.2 Å². The molecule has 14 atom stereocenters. The quantitative estimate of drug-likeness (QED) is 0.187. The van der Waals surface area contributed by atoms with Crippen LogP contribution in [0.1, 0.15) is 105 Å². The molecule has 2 aromatic rings. The summed E-state index contributed by atoms with van der Waals surface area (Å²) in [4.78, 5) is 75.2. The van der Waals surface area contributed by atoms with Gasteiger partial charge in [0.1, 0.15) is 24.3 Å². The Hall–Kier alpha value is -4.19. The number of aromatic nitrogens is 1. The van der Waals surface area contributed by atoms with E-state index in [4.69, 9.17) is 9.29 Å². The van der Waals surface area contributed by atoms with E-state index in [0.29, 0.717) is 57.0 Å². The van der Waals surface area contributed by atoms with Gasteiger partial charge in [-0.3, -0.25) is 43.1 Å². The van der Waals surface area contributed by atoms with Crippen LogP contribution in [-0.4, -0.2) is 163 Å². The second-order valence-corrected chi connectivity index (χ2v) is 26.4. The monoisotopic (exact) mass is 1140 g/mol. The zero-order valence-corrected chi connectivity index (χ0v) is 47.0. The first-order valence-corrected chi connectivity index (χ1v) is 29.2. The van der Waals surface area contributed by atoms with Gasteiger partial charge in [-0.05, 0) is 134 Å². The molecule has 7 N–H and O–H groups in total. The van der Waals surface area contributed by atoms with Gasteiger partial charge in [-0.1, -0.05) is 71.4 Å². The Labute approximate surface area is 451 Å². The number of nitrogens with one attached hydrogen (secondary N) is 2. The first-order valence-electron chi connectivity index (χ1n) is 26.5. The third kappa shape index (κ3) is 8.36. The molecule has 5 heterocycles. The first kappa shape index (κ1) is 56.5. The molecule has 76 heavy (non-hydrogen) atoms. The zero-order chi connectivity index (χ0) is 55.8. The van der Waals surface area contributed by atoms with E-state index < -0.39 is 104 Å². The summed E-state index contributed by atoms with van der Waals surface area (Å²) in [6, 6.07) is 4.76. The summed E-state index contributed by atoms with van der Waals surface area (Å²) in [6.07, 6.45) is 9.64. The Morgan fingerprint density at radius 2 is 1.76 bits per heavy atom. The molecule has 0 spiro atoms. The number of rotatable bonds is 7. The normalized spacial score (nSPS) is 39.2. The summed E-state index contributed by atoms with van der Waals surface area (Å²) < 4.78 is 50.2. The SMILES string of the molecule is CC(C)C[C@H]1C(=O)N2CCC[C@H]2[C@]2(O)O[C@](NC(=O)[C@@H]3C=C4c5cccc6[nH]c(Br)c(c56)C[C@H]4N(C)C3)(C(C)C)C(=O)N12.CS(=O)(=O)O.C[C@@H]1C[C@H]2[C@@H]3CCC4=CC(=O)C=C[C@]4(C)[C@@]3(F)[C@@H](O)C[C@]2(C)[C@@]1(O)C(=O)CO. The Morgan fingerprint density at radius 1 is 1.08 bits per heavy atom. The van der Waals surface area contributed by atoms with Crippen LogP contribution >= 0.6 is 15.9 Å². The van der Waals surface area contributed by atoms with E-state index in [1.165, 1.54) is 28.0 Å². The summed E-state index contributed by atoms with van der Waals surface area (Å²) in [5.74, 6) is -6.13. The highest BCUT2D eigenvalue weighted by atomic mass is 79.9. The predicted octanol–water partition coefficient (Wildman–Crippen LogP) is 4.59. The topological polar surface area (TPSA) is 267 Å². The maximum absolute atomic E-state index is 16.9. The number of allylic oxidation sites excluding steroid dienone is 4. The van der Waals surface area contributed by atoms with Gasteiger partial charge in [-0.2, -0.15) is 8.42 Å². The lowest BCUT2D eigenvalue weighted by molar-refractivity contribution is -0.322. The van der Waals surface area contributed by atoms with Crippen molar-refractivity contribution in [2.75, 3.05) is 33.0 Å². The van der Waals surface area contributed by atoms with Crippen molar-refractivity contribution in [2.24, 2.45) is 46.3 Å². The van der Waals surface area contributed by atoms with Gasteiger partial charge in [-0.15, -0.1) is 0 Å². The molecule has 416 valence electrons. The van der Waals surface area contributed by atoms with Crippen LogP contribution in [0, 0.1) is 46.3 Å². The number of H-pyrrole nitrogens is 1. The lowest BCUT2D eigenvalue weighted by atomic mass is 9.44. The van der Waals surface area contributed by atoms with Gasteiger partial charge >= 0.3 is 0 Å². The van der Waals surface area contributed by atoms with Gasteiger partial charge in [0.25, 0.3) is 21.9 Å². The Bertz CT molecular complexity index is 2970. The summed E-state index contributed by atoms with van der Waals surface area (Å²) >= 11 is 3.70. The summed E-state index contributed by atoms with van der Waals surface area (Å²) in [6.45, 7) is 13.1. The highest BCUT2D eigenvalue weighted by Gasteiger charge is 2.76. The number of aliphatic hydroxyl groups excluding tert-OH is 2. The molecule has 0 radical (unpaired) electrons. The number of ketones is 2. The molecule has 5 aliphatic carbocycles. The van der Waals surface area contributed by atoms with Gasteiger partial charge < -0.3 is 35.6 Å². The van der Waals surface area contributed by atoms with Crippen molar-refractivity contribution in [2.45, 2.75) is 147 Å². The number of amides is 3. The number of carbonyl (C=O) groups excluding carboxylic acids is 5. The van der Waals surface area contributed by atoms with E-state index >= 15 is 4.39 Å². The van der Waals surface area contributed by atoms with Crippen LogP contribution in [0.4, 0.5) is 4.39 Å². The zero-order valence-electron chi connectivity index (χ0n) is 44.6. The molecule has 21 heteroatoms. The van der Waals surface area contributed by atoms with E-state index in [1.807, 2.05) is 33.0 Å². The molecule has 1 aromatic carbocycles. The van der Waals surface area contributed by atoms with Crippen LogP contribution in [0.2, 0.25) is 0 Å². The molecule has 1 aromatic heterocycles. The Balaban J connectivity index is 0.000000184. The minimum Gasteiger partial charge on any atom is -0.390 e. The van der Waals surface area contributed by atoms with Crippen LogP contribution in [-0.2, 0) is 45.2 Å². The average molecular weight is 1140 g/mol. The second-order valence-electron chi connectivity index (χ2n) is 24.2. The molecular weight excluding hydrogens is 1070 g/mol. The molecule has 11 rings (SSSR count). The van der Waals surface area contributed by atoms with Gasteiger partial charge in [-0.25, -0.2) is 4.39 Å². The van der Waals surface area contributed by atoms with Crippen LogP contribution in [0.15, 0.2) is 52.7 Å². The number of aliphatic hydroxyl groups is 4. The maximum atomic E-state index is 16.9. The van der Waals surface area contributed by atoms with Crippen LogP contribution in [0.5, 0.6) is 0 Å². The molecular formula is C55H73BrFN5O13S. The van der Waals surface area contributed by atoms with Gasteiger partial charge in [0.2, 0.25) is 17.5 Å². The van der Waals surface area contributed by atoms with Crippen LogP contribution in [0.25, 0.3) is 16.5 Å². The van der Waals surface area contributed by atoms with Crippen LogP contribution < -0.4 is 5.32 Å². The molecule has 0 bridgehead atoms. The summed E-state index contributed by atoms with van der Waals surface area (Å²) in [7, 11) is -1.64. The number of ether oxygens (including phenoxy) is 1. The number of carbonyl (C=O) groups is 5. The molecule has 3 amide bonds. The van der Waals surface area contributed by atoms with Gasteiger partial charge in [0, 0.05) is 52.7 Å². The lowest BCUT2D eigenvalue weighted by Gasteiger charge is -2.62. The smallest absolute Gasteiger partial charge is 0.281 e. The number of fused-ring (bicyclic) bond motifs is 10. The molecule has 18 nitrogen and oxygen atoms in total. The Morgan fingerprint density at radius 3 is 2.41 bits per heavy atom. The van der Waals surface area contributed by atoms with E-state index in [9.17, 15) is 52.8 Å². The van der Waals surface area contributed by atoms with E-state index in [0.717, 1.165) is 34.1 Å². The fourth-order valence-corrected chi connectivity index (χ4v) is 16.0. The number of halogens is 2. The Kier molecular flexibility index (Phi) is 14.3. The highest BCUT2D eigenvalue weighted by Crippen LogP contribution is 2.70. The number of piperazine rings is 1. The number of hydrogen-bond donors (Lipinski definition) is 7. The molecule has 0 unspecified atom stereocenters. The number of alkyl halides is 1. The molecule has 3 saturated carbocycles. The van der Waals surface area contributed by atoms with Gasteiger partial charge in [0.05, 0.1) is 22.9 Å². The van der Waals surface area contributed by atoms with Crippen molar-refractivity contribution in [3.63, 3.8) is 0 Å². The average Bonchev–Trinajstić information content (AvgIpc) is 4.07. The standard InChI is InChI=1S/C32H40BrN5O5.C22H29FO5.CH4O3S/c1-16(2)12-24-29(40)37-11-7-10-25(37)32(42)38(24)30(41)31(43-32,17(3)4)35-28(39)18-13-20-19-8-6-9-22-26(19)21(27(33)34-22)14-23(20)36(5)15-18;1-12-8-16-15-5-4-13-9-14(25)6-7-19(13,2)21(15,23)17(26)10-20(16,3)22(12,28)18(27)11-24;1-5(2,3)4/h6,8-9,13,16-18,23-25,34,42H,7,10-12,14-15H2,1-5H3,(H,35,39);6-7,9,12,15-17,24,26,28H,4-5,8,10-11H2,1-3H3;1H3,(H,2,3,4)/t18-,23-,24+,25+,31-,32+;12-,15+,16+,17+,19+,20+,21+,22+;/m11./s1. The van der Waals surface area contributed by atoms with E-state index in [1.54, 1.807) is 45.6 Å². The maximum Gasteiger partial charge on any atom is 0.281 e. The summed E-state index contributed by atoms with van der Waals surface area (Å²) in [5.41, 5.74) is -2.49. The first-order chi connectivity index (χ1) is 35.3. The largest absolute Gasteiger partial charge is 0.390 e. The molecule has 3 saturated heterocycles. The number of Topliss-reactive ketones (excluding diaryl/α,β-unsaturated/α-hetero) is 1. The third-order valence-electron chi connectivity index (χ3n) is 19.0. The van der Waals surface area contributed by atoms with E-state index in [2.05, 4.69) is 43.3 Å². The number of hydrogen-bond acceptors (Lipinski definition) is 13. The summed E-state index contributed by atoms with van der Waals surface area (Å²) in [5, 5.41) is 48.3. The molecule has 4 aliphatic heterocycles. The predicted molar refractivity (Wildman–Crippen MR) is 282 cm³/mol. The van der Waals surface area contributed by atoms with Crippen molar-refractivity contribution in [1.29, 1.82) is 0 Å². The lowest BCUT2D eigenvalue weighted by Crippen LogP contribution is -2.71. The highest BCUT2D eigenvalue weighted by molar-refractivity contribution is 9.10. The minimum absolute atomic E-state index is 0.0676. The van der Waals surface area contributed by atoms with Crippen molar-refractivity contribution in [3.05, 3.63) is 63.8 Å². The second kappa shape index (κ2) is 19.3. The fraction of sp³-hybridized carbons (Fsp3) is 0.655. The number of aromatic amines is 1. The number of likely N-dealkylation sites (N-methyl/N-ethyl adjacent to an activating group) is 1. The molecule has 6 fully saturated rings. The minimum atomic E-state index is -3.67. The number of nitrogens with zero attached hydrogens (tertiary/aromatic N) is 3. The van der Waals surface area contributed by atoms with Crippen molar-refractivity contribution < 1.29 is 66.5 Å². The van der Waals surface area contributed by atoms with E-state index in [-0.39, 0.29) is 41.9 Å². The van der Waals surface area contributed by atoms with Crippen LogP contribution in [0.3, 0.4) is 0 Å². The van der Waals surface area contributed by atoms with Crippen molar-refractivity contribution in [3.8, 4) is 0 Å². The molecule has 9 aliphatic rings. The third-order valence-corrected chi connectivity index (χ3v) is 19.7. The van der Waals surface area contributed by atoms with Crippen molar-refractivity contribution >= 4 is 71.8 Å². The fourth-order valence-electron chi connectivity index (χ4n) is 15.4. The van der Waals surface area contributed by atoms with Crippen molar-refractivity contribution in [1.82, 2.24) is 25.0 Å². The number of benzene rings is 1.